The first kappa shape index (κ1) is 31.0. The van der Waals surface area contributed by atoms with Gasteiger partial charge < -0.3 is 14.8 Å². The van der Waals surface area contributed by atoms with Crippen molar-refractivity contribution in [1.82, 2.24) is 5.32 Å². The number of rotatable bonds is 8. The second-order valence-electron chi connectivity index (χ2n) is 6.74. The number of halogens is 1. The molecule has 0 bridgehead atoms. The summed E-state index contributed by atoms with van der Waals surface area (Å²) < 4.78 is 23.2. The maximum atomic E-state index is 13.1. The third-order valence-corrected chi connectivity index (χ3v) is 4.33. The highest BCUT2D eigenvalue weighted by Crippen LogP contribution is 2.42. The van der Waals surface area contributed by atoms with E-state index in [-0.39, 0.29) is 5.83 Å². The van der Waals surface area contributed by atoms with Crippen LogP contribution in [-0.4, -0.2) is 27.2 Å². The molecule has 2 rings (SSSR count). The molecule has 0 aromatic heterocycles. The van der Waals surface area contributed by atoms with E-state index in [0.29, 0.717) is 23.9 Å². The number of allylic oxidation sites excluding steroid dienone is 6. The summed E-state index contributed by atoms with van der Waals surface area (Å²) in [5.74, 6) is 0.876. The fourth-order valence-corrected chi connectivity index (χ4v) is 3.08. The third kappa shape index (κ3) is 13.0. The van der Waals surface area contributed by atoms with Gasteiger partial charge in [0.1, 0.15) is 12.4 Å². The number of ether oxygens (including phenoxy) is 2. The van der Waals surface area contributed by atoms with Crippen LogP contribution in [0.15, 0.2) is 58.8 Å². The molecule has 0 radical (unpaired) electrons. The van der Waals surface area contributed by atoms with Crippen LogP contribution >= 0.6 is 0 Å². The Labute approximate surface area is 190 Å². The molecule has 0 aromatic rings. The van der Waals surface area contributed by atoms with Crippen molar-refractivity contribution in [1.29, 1.82) is 0 Å². The predicted octanol–water partition coefficient (Wildman–Crippen LogP) is 7.17. The van der Waals surface area contributed by atoms with E-state index in [1.807, 2.05) is 27.7 Å². The number of carbonyl (C=O) groups is 1. The summed E-state index contributed by atoms with van der Waals surface area (Å²) in [5.41, 5.74) is 3.95. The molecule has 0 unspecified atom stereocenters. The van der Waals surface area contributed by atoms with Gasteiger partial charge >= 0.3 is 0 Å². The van der Waals surface area contributed by atoms with Crippen LogP contribution in [-0.2, 0) is 14.3 Å². The molecule has 1 fully saturated rings. The second-order valence-corrected chi connectivity index (χ2v) is 6.74. The highest BCUT2D eigenvalue weighted by molar-refractivity contribution is 5.56. The van der Waals surface area contributed by atoms with Gasteiger partial charge in [-0.15, -0.1) is 0 Å². The lowest BCUT2D eigenvalue weighted by Gasteiger charge is -2.17. The number of amides is 1. The fraction of sp³-hybridized carbons (Fsp3) is 0.577. The molecule has 5 heteroatoms. The minimum atomic E-state index is -0.275. The normalized spacial score (nSPS) is 16.4. The molecule has 0 aliphatic heterocycles. The molecule has 0 atom stereocenters. The average Bonchev–Trinajstić information content (AvgIpc) is 3.60. The van der Waals surface area contributed by atoms with Crippen molar-refractivity contribution in [3.8, 4) is 0 Å². The van der Waals surface area contributed by atoms with E-state index in [1.165, 1.54) is 31.4 Å². The van der Waals surface area contributed by atoms with Crippen molar-refractivity contribution in [3.63, 3.8) is 0 Å². The smallest absolute Gasteiger partial charge is 0.211 e. The molecule has 2 aliphatic rings. The maximum Gasteiger partial charge on any atom is 0.211 e. The van der Waals surface area contributed by atoms with E-state index in [0.717, 1.165) is 36.9 Å². The first-order chi connectivity index (χ1) is 15.0. The summed E-state index contributed by atoms with van der Waals surface area (Å²) in [7, 11) is 3.25. The molecule has 178 valence electrons. The van der Waals surface area contributed by atoms with Crippen LogP contribution < -0.4 is 5.32 Å². The number of hydrogen-bond donors (Lipinski definition) is 1. The summed E-state index contributed by atoms with van der Waals surface area (Å²) in [6, 6.07) is 0. The lowest BCUT2D eigenvalue weighted by molar-refractivity contribution is -0.108. The Morgan fingerprint density at radius 2 is 1.81 bits per heavy atom. The lowest BCUT2D eigenvalue weighted by Crippen LogP contribution is -2.18. The molecule has 31 heavy (non-hydrogen) atoms. The van der Waals surface area contributed by atoms with E-state index < -0.39 is 0 Å². The van der Waals surface area contributed by atoms with Gasteiger partial charge in [-0.05, 0) is 75.2 Å². The van der Waals surface area contributed by atoms with E-state index in [9.17, 15) is 9.18 Å². The zero-order valence-corrected chi connectivity index (χ0v) is 20.9. The van der Waals surface area contributed by atoms with Gasteiger partial charge in [0.05, 0.1) is 5.83 Å². The molecule has 2 aliphatic carbocycles. The SMILES string of the molecule is C=C/C(OCC1=CCCCC(C2CC2)=C1NC=O)=C(C)\C=C(/C)F.CC.CC.COC. The molecule has 1 amide bonds. The van der Waals surface area contributed by atoms with E-state index in [4.69, 9.17) is 4.74 Å². The number of carbonyl (C=O) groups excluding carboxylic acids is 1. The Bertz CT molecular complexity index is 637. The molecule has 0 aromatic carbocycles. The van der Waals surface area contributed by atoms with Crippen LogP contribution in [0.2, 0.25) is 0 Å². The van der Waals surface area contributed by atoms with Gasteiger partial charge in [-0.1, -0.05) is 40.3 Å². The second kappa shape index (κ2) is 19.8. The summed E-state index contributed by atoms with van der Waals surface area (Å²) in [4.78, 5) is 11.1. The Hall–Kier alpha value is -2.14. The largest absolute Gasteiger partial charge is 0.489 e. The zero-order valence-electron chi connectivity index (χ0n) is 20.9. The van der Waals surface area contributed by atoms with Crippen LogP contribution in [0.3, 0.4) is 0 Å². The van der Waals surface area contributed by atoms with Crippen LogP contribution in [0.1, 0.15) is 73.6 Å². The summed E-state index contributed by atoms with van der Waals surface area (Å²) in [6.45, 7) is 15.3. The predicted molar refractivity (Wildman–Crippen MR) is 130 cm³/mol. The molecule has 0 saturated heterocycles. The lowest BCUT2D eigenvalue weighted by atomic mass is 10.0. The maximum absolute atomic E-state index is 13.1. The summed E-state index contributed by atoms with van der Waals surface area (Å²) in [5, 5.41) is 2.89. The number of nitrogens with one attached hydrogen (secondary N) is 1. The fourth-order valence-electron chi connectivity index (χ4n) is 3.08. The Kier molecular flexibility index (Phi) is 19.8. The highest BCUT2D eigenvalue weighted by atomic mass is 19.1. The average molecular weight is 438 g/mol. The first-order valence-corrected chi connectivity index (χ1v) is 11.3. The highest BCUT2D eigenvalue weighted by Gasteiger charge is 2.30. The van der Waals surface area contributed by atoms with Crippen molar-refractivity contribution in [2.24, 2.45) is 5.92 Å². The summed E-state index contributed by atoms with van der Waals surface area (Å²) in [6.07, 6.45) is 11.4. The van der Waals surface area contributed by atoms with Gasteiger partial charge in [0, 0.05) is 25.5 Å². The molecule has 1 saturated carbocycles. The molecule has 4 nitrogen and oxygen atoms in total. The Morgan fingerprint density at radius 1 is 1.23 bits per heavy atom. The minimum Gasteiger partial charge on any atom is -0.489 e. The molecule has 1 N–H and O–H groups in total. The van der Waals surface area contributed by atoms with Gasteiger partial charge in [0.15, 0.2) is 0 Å². The standard InChI is InChI=1S/C20H26FNO2.C2H6O.2C2H6/c1-4-19(14(2)11-15(3)21)24-12-17-7-5-6-8-18(16-9-10-16)20(17)22-13-23;1-3-2;2*1-2/h4,7,11,13,16H,1,5-6,8-10,12H2,2-3H3,(H,22,23);1-2H3;2*1-2H3/b15-11+,19-14+;;;. The molecule has 0 spiro atoms. The first-order valence-electron chi connectivity index (χ1n) is 11.3. The quantitative estimate of drug-likeness (QED) is 0.249. The molecular formula is C26H44FNO3. The van der Waals surface area contributed by atoms with E-state index >= 15 is 0 Å². The Balaban J connectivity index is 0. The number of methoxy groups -OCH3 is 1. The number of hydrogen-bond acceptors (Lipinski definition) is 3. The van der Waals surface area contributed by atoms with Gasteiger partial charge in [-0.3, -0.25) is 4.79 Å². The van der Waals surface area contributed by atoms with Crippen molar-refractivity contribution in [2.45, 2.75) is 73.6 Å². The van der Waals surface area contributed by atoms with Gasteiger partial charge in [0.2, 0.25) is 6.41 Å². The minimum absolute atomic E-state index is 0.275. The zero-order chi connectivity index (χ0) is 24.2. The van der Waals surface area contributed by atoms with E-state index in [1.54, 1.807) is 27.2 Å². The molecule has 0 heterocycles. The van der Waals surface area contributed by atoms with Gasteiger partial charge in [0.25, 0.3) is 0 Å². The monoisotopic (exact) mass is 437 g/mol. The van der Waals surface area contributed by atoms with Gasteiger partial charge in [-0.2, -0.15) is 0 Å². The van der Waals surface area contributed by atoms with Crippen LogP contribution in [0, 0.1) is 5.92 Å². The molecular weight excluding hydrogens is 393 g/mol. The summed E-state index contributed by atoms with van der Waals surface area (Å²) >= 11 is 0. The van der Waals surface area contributed by atoms with Crippen molar-refractivity contribution >= 4 is 6.41 Å². The van der Waals surface area contributed by atoms with Gasteiger partial charge in [-0.25, -0.2) is 4.39 Å². The van der Waals surface area contributed by atoms with Crippen LogP contribution in [0.25, 0.3) is 0 Å². The van der Waals surface area contributed by atoms with Crippen LogP contribution in [0.5, 0.6) is 0 Å². The van der Waals surface area contributed by atoms with Crippen LogP contribution in [0.4, 0.5) is 4.39 Å². The van der Waals surface area contributed by atoms with Crippen molar-refractivity contribution < 1.29 is 18.7 Å². The Morgan fingerprint density at radius 3 is 2.26 bits per heavy atom. The van der Waals surface area contributed by atoms with Crippen molar-refractivity contribution in [2.75, 3.05) is 20.8 Å². The van der Waals surface area contributed by atoms with Crippen molar-refractivity contribution in [3.05, 3.63) is 58.8 Å². The topological polar surface area (TPSA) is 47.6 Å². The van der Waals surface area contributed by atoms with E-state index in [2.05, 4.69) is 22.7 Å². The third-order valence-electron chi connectivity index (χ3n) is 4.33.